The van der Waals surface area contributed by atoms with Crippen LogP contribution in [-0.2, 0) is 0 Å². The average Bonchev–Trinajstić information content (AvgIpc) is 2.43. The Hall–Kier alpha value is -1.37. The van der Waals surface area contributed by atoms with Crippen molar-refractivity contribution in [1.82, 2.24) is 4.90 Å². The molecule has 1 unspecified atom stereocenters. The number of likely N-dealkylation sites (tertiary alicyclic amines) is 1. The van der Waals surface area contributed by atoms with E-state index in [1.54, 1.807) is 0 Å². The first kappa shape index (κ1) is 15.0. The molecule has 1 atom stereocenters. The van der Waals surface area contributed by atoms with Crippen molar-refractivity contribution in [2.24, 2.45) is 0 Å². The smallest absolute Gasteiger partial charge is 0.260 e. The molecule has 1 aromatic carbocycles. The summed E-state index contributed by atoms with van der Waals surface area (Å²) in [5.41, 5.74) is -1.44. The first-order valence-corrected chi connectivity index (χ1v) is 6.23. The number of carbonyl (C=O) groups is 1. The van der Waals surface area contributed by atoms with Crippen LogP contribution in [0.2, 0.25) is 0 Å². The maximum Gasteiger partial charge on any atom is 0.260 e. The third-order valence-electron chi connectivity index (χ3n) is 3.07. The predicted molar refractivity (Wildman–Crippen MR) is 61.0 cm³/mol. The van der Waals surface area contributed by atoms with Gasteiger partial charge in [0.05, 0.1) is 5.38 Å². The lowest BCUT2D eigenvalue weighted by Gasteiger charge is -2.30. The molecule has 0 bridgehead atoms. The van der Waals surface area contributed by atoms with Crippen LogP contribution < -0.4 is 0 Å². The fourth-order valence-electron chi connectivity index (χ4n) is 2.06. The van der Waals surface area contributed by atoms with Gasteiger partial charge in [0, 0.05) is 13.1 Å². The standard InChI is InChI=1S/C12H9ClF5NO/c13-5-2-1-3-19(4-5)12(20)6-7(14)9(16)11(18)10(17)8(6)15/h5H,1-4H2. The molecule has 20 heavy (non-hydrogen) atoms. The van der Waals surface area contributed by atoms with Crippen LogP contribution in [0.3, 0.4) is 0 Å². The number of amides is 1. The first-order valence-electron chi connectivity index (χ1n) is 5.79. The SMILES string of the molecule is O=C(c1c(F)c(F)c(F)c(F)c1F)N1CCCC(Cl)C1. The molecule has 2 nitrogen and oxygen atoms in total. The van der Waals surface area contributed by atoms with E-state index >= 15 is 0 Å². The highest BCUT2D eigenvalue weighted by atomic mass is 35.5. The van der Waals surface area contributed by atoms with Crippen LogP contribution in [0.1, 0.15) is 23.2 Å². The van der Waals surface area contributed by atoms with Crippen LogP contribution in [0, 0.1) is 29.1 Å². The summed E-state index contributed by atoms with van der Waals surface area (Å²) in [6.45, 7) is 0.154. The lowest BCUT2D eigenvalue weighted by atomic mass is 10.1. The normalized spacial score (nSPS) is 19.3. The van der Waals surface area contributed by atoms with Crippen molar-refractivity contribution in [3.05, 3.63) is 34.6 Å². The Morgan fingerprint density at radius 1 is 1.00 bits per heavy atom. The number of rotatable bonds is 1. The molecule has 2 rings (SSSR count). The summed E-state index contributed by atoms with van der Waals surface area (Å²) in [5.74, 6) is -12.0. The molecule has 1 aliphatic rings. The molecule has 8 heteroatoms. The average molecular weight is 314 g/mol. The van der Waals surface area contributed by atoms with E-state index in [-0.39, 0.29) is 13.1 Å². The molecule has 0 N–H and O–H groups in total. The summed E-state index contributed by atoms with van der Waals surface area (Å²) in [4.78, 5) is 12.9. The van der Waals surface area contributed by atoms with E-state index in [0.717, 1.165) is 4.90 Å². The van der Waals surface area contributed by atoms with Crippen LogP contribution in [0.15, 0.2) is 0 Å². The zero-order valence-corrected chi connectivity index (χ0v) is 10.8. The topological polar surface area (TPSA) is 20.3 Å². The van der Waals surface area contributed by atoms with E-state index in [9.17, 15) is 26.7 Å². The molecule has 0 saturated carbocycles. The Bertz CT molecular complexity index is 536. The van der Waals surface area contributed by atoms with Gasteiger partial charge in [-0.05, 0) is 12.8 Å². The third kappa shape index (κ3) is 2.46. The molecule has 1 aromatic rings. The van der Waals surface area contributed by atoms with Crippen LogP contribution in [0.25, 0.3) is 0 Å². The number of hydrogen-bond donors (Lipinski definition) is 0. The third-order valence-corrected chi connectivity index (χ3v) is 3.43. The monoisotopic (exact) mass is 313 g/mol. The number of benzene rings is 1. The summed E-state index contributed by atoms with van der Waals surface area (Å²) in [6.07, 6.45) is 1.11. The summed E-state index contributed by atoms with van der Waals surface area (Å²) >= 11 is 5.82. The Morgan fingerprint density at radius 3 is 2.00 bits per heavy atom. The lowest BCUT2D eigenvalue weighted by molar-refractivity contribution is 0.0713. The molecule has 1 heterocycles. The van der Waals surface area contributed by atoms with Crippen molar-refractivity contribution >= 4 is 17.5 Å². The van der Waals surface area contributed by atoms with E-state index in [2.05, 4.69) is 0 Å². The fraction of sp³-hybridized carbons (Fsp3) is 0.417. The van der Waals surface area contributed by atoms with Gasteiger partial charge >= 0.3 is 0 Å². The van der Waals surface area contributed by atoms with Gasteiger partial charge in [0.2, 0.25) is 5.82 Å². The van der Waals surface area contributed by atoms with Crippen molar-refractivity contribution in [2.75, 3.05) is 13.1 Å². The van der Waals surface area contributed by atoms with Gasteiger partial charge in [0.25, 0.3) is 5.91 Å². The second-order valence-electron chi connectivity index (χ2n) is 4.44. The van der Waals surface area contributed by atoms with E-state index in [1.165, 1.54) is 0 Å². The van der Waals surface area contributed by atoms with Gasteiger partial charge in [-0.3, -0.25) is 4.79 Å². The van der Waals surface area contributed by atoms with E-state index < -0.39 is 45.9 Å². The number of hydrogen-bond acceptors (Lipinski definition) is 1. The van der Waals surface area contributed by atoms with Gasteiger partial charge < -0.3 is 4.90 Å². The van der Waals surface area contributed by atoms with Crippen molar-refractivity contribution in [1.29, 1.82) is 0 Å². The largest absolute Gasteiger partial charge is 0.337 e. The van der Waals surface area contributed by atoms with Crippen molar-refractivity contribution in [3.63, 3.8) is 0 Å². The molecule has 110 valence electrons. The van der Waals surface area contributed by atoms with Gasteiger partial charge in [-0.1, -0.05) is 0 Å². The van der Waals surface area contributed by atoms with Crippen molar-refractivity contribution < 1.29 is 26.7 Å². The Balaban J connectivity index is 2.44. The summed E-state index contributed by atoms with van der Waals surface area (Å²) in [7, 11) is 0. The highest BCUT2D eigenvalue weighted by Crippen LogP contribution is 2.25. The van der Waals surface area contributed by atoms with Crippen molar-refractivity contribution in [3.8, 4) is 0 Å². The van der Waals surface area contributed by atoms with E-state index in [0.29, 0.717) is 12.8 Å². The molecule has 1 fully saturated rings. The fourth-order valence-corrected chi connectivity index (χ4v) is 2.38. The highest BCUT2D eigenvalue weighted by molar-refractivity contribution is 6.21. The molecule has 0 spiro atoms. The number of nitrogens with zero attached hydrogens (tertiary/aromatic N) is 1. The molecular weight excluding hydrogens is 305 g/mol. The minimum Gasteiger partial charge on any atom is -0.337 e. The molecule has 0 radical (unpaired) electrons. The van der Waals surface area contributed by atoms with Gasteiger partial charge in [-0.15, -0.1) is 11.6 Å². The maximum absolute atomic E-state index is 13.5. The number of carbonyl (C=O) groups excluding carboxylic acids is 1. The maximum atomic E-state index is 13.5. The van der Waals surface area contributed by atoms with Crippen LogP contribution in [0.4, 0.5) is 22.0 Å². The van der Waals surface area contributed by atoms with Gasteiger partial charge in [0.15, 0.2) is 23.3 Å². The Morgan fingerprint density at radius 2 is 1.50 bits per heavy atom. The summed E-state index contributed by atoms with van der Waals surface area (Å²) in [6, 6.07) is 0. The number of piperidine rings is 1. The quantitative estimate of drug-likeness (QED) is 0.337. The van der Waals surface area contributed by atoms with Crippen LogP contribution >= 0.6 is 11.6 Å². The molecule has 1 amide bonds. The Kier molecular flexibility index (Phi) is 4.17. The predicted octanol–water partition coefficient (Wildman–Crippen LogP) is 3.23. The lowest BCUT2D eigenvalue weighted by Crippen LogP contribution is -2.41. The van der Waals surface area contributed by atoms with Gasteiger partial charge in [0.1, 0.15) is 5.56 Å². The van der Waals surface area contributed by atoms with E-state index in [4.69, 9.17) is 11.6 Å². The molecular formula is C12H9ClF5NO. The zero-order chi connectivity index (χ0) is 15.0. The molecule has 1 aliphatic heterocycles. The Labute approximate surface area is 116 Å². The van der Waals surface area contributed by atoms with Crippen LogP contribution in [-0.4, -0.2) is 29.3 Å². The van der Waals surface area contributed by atoms with E-state index in [1.807, 2.05) is 0 Å². The second kappa shape index (κ2) is 5.55. The number of alkyl halides is 1. The zero-order valence-electron chi connectivity index (χ0n) is 10.0. The minimum absolute atomic E-state index is 0.000116. The summed E-state index contributed by atoms with van der Waals surface area (Å²) in [5, 5.41) is -0.408. The first-order chi connectivity index (χ1) is 9.34. The number of halogens is 6. The molecule has 0 aliphatic carbocycles. The molecule has 0 aromatic heterocycles. The van der Waals surface area contributed by atoms with Crippen molar-refractivity contribution in [2.45, 2.75) is 18.2 Å². The summed E-state index contributed by atoms with van der Waals surface area (Å²) < 4.78 is 66.0. The van der Waals surface area contributed by atoms with Crippen LogP contribution in [0.5, 0.6) is 0 Å². The highest BCUT2D eigenvalue weighted by Gasteiger charge is 2.33. The minimum atomic E-state index is -2.29. The van der Waals surface area contributed by atoms with Gasteiger partial charge in [-0.25, -0.2) is 22.0 Å². The molecule has 1 saturated heterocycles. The van der Waals surface area contributed by atoms with Gasteiger partial charge in [-0.2, -0.15) is 0 Å². The second-order valence-corrected chi connectivity index (χ2v) is 5.05.